The molecule has 1 atom stereocenters. The maximum absolute atomic E-state index is 5.51. The minimum absolute atomic E-state index is 0.349. The Balaban J connectivity index is 2.95. The fraction of sp³-hybridized carbons (Fsp3) is 0.625. The van der Waals surface area contributed by atoms with Gasteiger partial charge in [0.2, 0.25) is 0 Å². The molecule has 0 bridgehead atoms. The van der Waals surface area contributed by atoms with Gasteiger partial charge in [-0.2, -0.15) is 0 Å². The van der Waals surface area contributed by atoms with Crippen molar-refractivity contribution in [2.24, 2.45) is 0 Å². The van der Waals surface area contributed by atoms with Crippen molar-refractivity contribution >= 4 is 0 Å². The van der Waals surface area contributed by atoms with E-state index in [2.05, 4.69) is 42.7 Å². The molecule has 1 rings (SSSR count). The molecule has 3 heteroatoms. The first-order chi connectivity index (χ1) is 9.13. The number of benzene rings is 1. The molecule has 0 saturated heterocycles. The molecule has 0 aliphatic rings. The normalized spacial score (nSPS) is 12.7. The number of methoxy groups -OCH3 is 1. The largest absolute Gasteiger partial charge is 0.496 e. The van der Waals surface area contributed by atoms with E-state index in [1.54, 1.807) is 7.11 Å². The van der Waals surface area contributed by atoms with Crippen LogP contribution in [0.5, 0.6) is 5.75 Å². The van der Waals surface area contributed by atoms with Crippen molar-refractivity contribution in [1.29, 1.82) is 0 Å². The Bertz CT molecular complexity index is 377. The van der Waals surface area contributed by atoms with Gasteiger partial charge in [-0.05, 0) is 51.0 Å². The third-order valence-corrected chi connectivity index (χ3v) is 3.56. The Kier molecular flexibility index (Phi) is 6.89. The average Bonchev–Trinajstić information content (AvgIpc) is 2.43. The first-order valence-corrected chi connectivity index (χ1v) is 7.13. The molecule has 0 radical (unpaired) electrons. The number of hydrogen-bond donors (Lipinski definition) is 2. The van der Waals surface area contributed by atoms with E-state index in [-0.39, 0.29) is 0 Å². The molecule has 0 saturated carbocycles. The summed E-state index contributed by atoms with van der Waals surface area (Å²) in [5, 5.41) is 6.61. The van der Waals surface area contributed by atoms with E-state index in [1.807, 2.05) is 14.1 Å². The second-order valence-corrected chi connectivity index (χ2v) is 5.24. The van der Waals surface area contributed by atoms with Crippen LogP contribution in [0.2, 0.25) is 0 Å². The maximum atomic E-state index is 5.51. The van der Waals surface area contributed by atoms with Crippen LogP contribution in [-0.2, 0) is 0 Å². The molecule has 1 aromatic carbocycles. The van der Waals surface area contributed by atoms with Gasteiger partial charge in [0.15, 0.2) is 0 Å². The quantitative estimate of drug-likeness (QED) is 0.708. The van der Waals surface area contributed by atoms with Gasteiger partial charge >= 0.3 is 0 Å². The highest BCUT2D eigenvalue weighted by Gasteiger charge is 2.15. The average molecular weight is 264 g/mol. The summed E-state index contributed by atoms with van der Waals surface area (Å²) in [5.74, 6) is 1.52. The van der Waals surface area contributed by atoms with Gasteiger partial charge in [0, 0.05) is 11.6 Å². The van der Waals surface area contributed by atoms with Gasteiger partial charge in [-0.1, -0.05) is 26.0 Å². The summed E-state index contributed by atoms with van der Waals surface area (Å²) in [5.41, 5.74) is 2.64. The Hall–Kier alpha value is -1.06. The molecular formula is C16H28N2O. The van der Waals surface area contributed by atoms with Crippen LogP contribution in [0.3, 0.4) is 0 Å². The zero-order chi connectivity index (χ0) is 14.3. The van der Waals surface area contributed by atoms with E-state index < -0.39 is 0 Å². The molecule has 108 valence electrons. The second kappa shape index (κ2) is 8.18. The third kappa shape index (κ3) is 4.51. The van der Waals surface area contributed by atoms with E-state index in [9.17, 15) is 0 Å². The van der Waals surface area contributed by atoms with Crippen molar-refractivity contribution in [3.8, 4) is 5.75 Å². The highest BCUT2D eigenvalue weighted by atomic mass is 16.5. The topological polar surface area (TPSA) is 33.3 Å². The molecule has 0 aliphatic heterocycles. The Labute approximate surface area is 117 Å². The molecule has 0 amide bonds. The molecule has 0 aliphatic carbocycles. The van der Waals surface area contributed by atoms with Crippen LogP contribution in [0.15, 0.2) is 18.2 Å². The molecular weight excluding hydrogens is 236 g/mol. The van der Waals surface area contributed by atoms with Crippen LogP contribution in [0.25, 0.3) is 0 Å². The lowest BCUT2D eigenvalue weighted by atomic mass is 9.94. The lowest BCUT2D eigenvalue weighted by Crippen LogP contribution is -2.19. The summed E-state index contributed by atoms with van der Waals surface area (Å²) in [4.78, 5) is 0. The summed E-state index contributed by atoms with van der Waals surface area (Å²) < 4.78 is 5.51. The summed E-state index contributed by atoms with van der Waals surface area (Å²) in [6.45, 7) is 5.49. The third-order valence-electron chi connectivity index (χ3n) is 3.56. The standard InChI is InChI=1S/C16H28N2O/c1-12(2)13-8-9-16(19-5)14(11-13)15(18-4)7-6-10-17-3/h8-9,11-12,15,17-18H,6-7,10H2,1-5H3. The Morgan fingerprint density at radius 1 is 1.21 bits per heavy atom. The van der Waals surface area contributed by atoms with Crippen molar-refractivity contribution in [3.05, 3.63) is 29.3 Å². The van der Waals surface area contributed by atoms with E-state index in [1.165, 1.54) is 11.1 Å². The number of ether oxygens (including phenoxy) is 1. The Morgan fingerprint density at radius 3 is 2.47 bits per heavy atom. The summed E-state index contributed by atoms with van der Waals surface area (Å²) in [6, 6.07) is 6.88. The summed E-state index contributed by atoms with van der Waals surface area (Å²) in [7, 11) is 5.76. The molecule has 1 aromatic rings. The van der Waals surface area contributed by atoms with Crippen molar-refractivity contribution in [2.75, 3.05) is 27.7 Å². The lowest BCUT2D eigenvalue weighted by Gasteiger charge is -2.21. The number of hydrogen-bond acceptors (Lipinski definition) is 3. The predicted molar refractivity (Wildman–Crippen MR) is 82.0 cm³/mol. The first kappa shape index (κ1) is 16.0. The van der Waals surface area contributed by atoms with Gasteiger partial charge in [0.1, 0.15) is 5.75 Å². The van der Waals surface area contributed by atoms with Gasteiger partial charge in [0.05, 0.1) is 7.11 Å². The molecule has 0 spiro atoms. The number of rotatable bonds is 8. The van der Waals surface area contributed by atoms with E-state index in [4.69, 9.17) is 4.74 Å². The van der Waals surface area contributed by atoms with Crippen LogP contribution in [0, 0.1) is 0 Å². The van der Waals surface area contributed by atoms with Crippen molar-refractivity contribution in [3.63, 3.8) is 0 Å². The van der Waals surface area contributed by atoms with Gasteiger partial charge in [-0.15, -0.1) is 0 Å². The highest BCUT2D eigenvalue weighted by molar-refractivity contribution is 5.40. The lowest BCUT2D eigenvalue weighted by molar-refractivity contribution is 0.397. The molecule has 2 N–H and O–H groups in total. The van der Waals surface area contributed by atoms with Crippen molar-refractivity contribution < 1.29 is 4.74 Å². The van der Waals surface area contributed by atoms with Crippen LogP contribution in [0.4, 0.5) is 0 Å². The van der Waals surface area contributed by atoms with Gasteiger partial charge in [-0.25, -0.2) is 0 Å². The fourth-order valence-corrected chi connectivity index (χ4v) is 2.32. The minimum Gasteiger partial charge on any atom is -0.496 e. The molecule has 0 fully saturated rings. The zero-order valence-electron chi connectivity index (χ0n) is 12.9. The van der Waals surface area contributed by atoms with Crippen LogP contribution >= 0.6 is 0 Å². The van der Waals surface area contributed by atoms with Crippen LogP contribution < -0.4 is 15.4 Å². The monoisotopic (exact) mass is 264 g/mol. The Morgan fingerprint density at radius 2 is 1.95 bits per heavy atom. The van der Waals surface area contributed by atoms with E-state index in [0.29, 0.717) is 12.0 Å². The van der Waals surface area contributed by atoms with Gasteiger partial charge < -0.3 is 15.4 Å². The fourth-order valence-electron chi connectivity index (χ4n) is 2.32. The maximum Gasteiger partial charge on any atom is 0.123 e. The summed E-state index contributed by atoms with van der Waals surface area (Å²) >= 11 is 0. The number of nitrogens with one attached hydrogen (secondary N) is 2. The molecule has 1 unspecified atom stereocenters. The van der Waals surface area contributed by atoms with E-state index in [0.717, 1.165) is 25.1 Å². The predicted octanol–water partition coefficient (Wildman–Crippen LogP) is 3.08. The zero-order valence-corrected chi connectivity index (χ0v) is 12.9. The molecule has 3 nitrogen and oxygen atoms in total. The van der Waals surface area contributed by atoms with Crippen LogP contribution in [0.1, 0.15) is 49.8 Å². The SMILES string of the molecule is CNCCCC(NC)c1cc(C(C)C)ccc1OC. The summed E-state index contributed by atoms with van der Waals surface area (Å²) in [6.07, 6.45) is 2.26. The van der Waals surface area contributed by atoms with Crippen molar-refractivity contribution in [1.82, 2.24) is 10.6 Å². The van der Waals surface area contributed by atoms with Gasteiger partial charge in [-0.3, -0.25) is 0 Å². The minimum atomic E-state index is 0.349. The molecule has 0 aromatic heterocycles. The van der Waals surface area contributed by atoms with Crippen molar-refractivity contribution in [2.45, 2.75) is 38.6 Å². The highest BCUT2D eigenvalue weighted by Crippen LogP contribution is 2.31. The second-order valence-electron chi connectivity index (χ2n) is 5.24. The molecule has 0 heterocycles. The van der Waals surface area contributed by atoms with E-state index >= 15 is 0 Å². The first-order valence-electron chi connectivity index (χ1n) is 7.13. The van der Waals surface area contributed by atoms with Gasteiger partial charge in [0.25, 0.3) is 0 Å². The van der Waals surface area contributed by atoms with Crippen LogP contribution in [-0.4, -0.2) is 27.7 Å². The smallest absolute Gasteiger partial charge is 0.123 e. The molecule has 19 heavy (non-hydrogen) atoms.